The van der Waals surface area contributed by atoms with Gasteiger partial charge in [0.2, 0.25) is 0 Å². The number of hydrogen-bond acceptors (Lipinski definition) is 4. The molecule has 20 heavy (non-hydrogen) atoms. The number of para-hydroxylation sites is 1. The van der Waals surface area contributed by atoms with Crippen LogP contribution in [0.4, 0.5) is 5.69 Å². The molecule has 3 rings (SSSR count). The van der Waals surface area contributed by atoms with Gasteiger partial charge in [-0.05, 0) is 24.3 Å². The van der Waals surface area contributed by atoms with Crippen LogP contribution in [0.1, 0.15) is 10.6 Å². The number of furan rings is 1. The number of hydrogen-bond donors (Lipinski definition) is 1. The molecule has 1 amide bonds. The zero-order valence-corrected chi connectivity index (χ0v) is 10.8. The summed E-state index contributed by atoms with van der Waals surface area (Å²) in [5, 5.41) is 3.57. The Hall–Kier alpha value is -2.82. The Kier molecular flexibility index (Phi) is 3.09. The van der Waals surface area contributed by atoms with Gasteiger partial charge in [0.25, 0.3) is 5.91 Å². The lowest BCUT2D eigenvalue weighted by molar-refractivity contribution is 0.0998. The summed E-state index contributed by atoms with van der Waals surface area (Å²) in [6.45, 7) is 0. The second-order valence-corrected chi connectivity index (χ2v) is 4.18. The van der Waals surface area contributed by atoms with E-state index >= 15 is 0 Å². The molecule has 0 spiro atoms. The molecule has 1 aromatic carbocycles. The third-order valence-electron chi connectivity index (χ3n) is 2.89. The highest BCUT2D eigenvalue weighted by Gasteiger charge is 2.14. The smallest absolute Gasteiger partial charge is 0.291 e. The number of benzene rings is 1. The lowest BCUT2D eigenvalue weighted by atomic mass is 10.2. The third-order valence-corrected chi connectivity index (χ3v) is 2.89. The standard InChI is InChI=1S/C15H12N2O3/c1-19-12-4-2-3-10-9-13(20-14(10)12)15(18)17-11-5-7-16-8-6-11/h2-9H,1H3,(H,16,17,18). The van der Waals surface area contributed by atoms with Crippen molar-refractivity contribution in [1.82, 2.24) is 4.98 Å². The van der Waals surface area contributed by atoms with Gasteiger partial charge in [0, 0.05) is 23.5 Å². The summed E-state index contributed by atoms with van der Waals surface area (Å²) in [6.07, 6.45) is 3.22. The van der Waals surface area contributed by atoms with Crippen molar-refractivity contribution in [3.63, 3.8) is 0 Å². The van der Waals surface area contributed by atoms with Gasteiger partial charge in [0.15, 0.2) is 17.1 Å². The number of ether oxygens (including phenoxy) is 1. The molecule has 100 valence electrons. The number of nitrogens with one attached hydrogen (secondary N) is 1. The van der Waals surface area contributed by atoms with E-state index in [-0.39, 0.29) is 11.7 Å². The second kappa shape index (κ2) is 5.05. The Morgan fingerprint density at radius 2 is 2.05 bits per heavy atom. The first-order chi connectivity index (χ1) is 9.78. The molecule has 2 heterocycles. The highest BCUT2D eigenvalue weighted by molar-refractivity contribution is 6.05. The molecule has 0 saturated heterocycles. The molecule has 0 unspecified atom stereocenters. The van der Waals surface area contributed by atoms with Crippen molar-refractivity contribution in [2.24, 2.45) is 0 Å². The van der Waals surface area contributed by atoms with E-state index in [0.717, 1.165) is 5.39 Å². The number of pyridine rings is 1. The van der Waals surface area contributed by atoms with Gasteiger partial charge in [-0.1, -0.05) is 12.1 Å². The molecule has 5 nitrogen and oxygen atoms in total. The first-order valence-corrected chi connectivity index (χ1v) is 6.06. The minimum absolute atomic E-state index is 0.237. The maximum atomic E-state index is 12.1. The maximum Gasteiger partial charge on any atom is 0.291 e. The topological polar surface area (TPSA) is 64.4 Å². The van der Waals surface area contributed by atoms with Gasteiger partial charge in [0.05, 0.1) is 7.11 Å². The van der Waals surface area contributed by atoms with Crippen LogP contribution in [-0.4, -0.2) is 18.0 Å². The predicted molar refractivity (Wildman–Crippen MR) is 75.0 cm³/mol. The molecule has 1 N–H and O–H groups in total. The van der Waals surface area contributed by atoms with Gasteiger partial charge >= 0.3 is 0 Å². The normalized spacial score (nSPS) is 10.4. The highest BCUT2D eigenvalue weighted by atomic mass is 16.5. The summed E-state index contributed by atoms with van der Waals surface area (Å²) in [5.74, 6) is 0.529. The molecule has 3 aromatic rings. The van der Waals surface area contributed by atoms with Gasteiger partial charge < -0.3 is 14.5 Å². The maximum absolute atomic E-state index is 12.1. The van der Waals surface area contributed by atoms with E-state index < -0.39 is 0 Å². The number of aromatic nitrogens is 1. The van der Waals surface area contributed by atoms with Crippen LogP contribution in [0.2, 0.25) is 0 Å². The second-order valence-electron chi connectivity index (χ2n) is 4.18. The molecular formula is C15H12N2O3. The minimum Gasteiger partial charge on any atom is -0.493 e. The van der Waals surface area contributed by atoms with Crippen molar-refractivity contribution in [2.75, 3.05) is 12.4 Å². The SMILES string of the molecule is COc1cccc2cc(C(=O)Nc3ccncc3)oc12. The van der Waals surface area contributed by atoms with Crippen molar-refractivity contribution in [3.05, 3.63) is 54.6 Å². The van der Waals surface area contributed by atoms with Crippen molar-refractivity contribution in [1.29, 1.82) is 0 Å². The zero-order chi connectivity index (χ0) is 13.9. The number of fused-ring (bicyclic) bond motifs is 1. The molecule has 0 aliphatic carbocycles. The monoisotopic (exact) mass is 268 g/mol. The Morgan fingerprint density at radius 3 is 2.80 bits per heavy atom. The molecular weight excluding hydrogens is 256 g/mol. The molecule has 0 aliphatic heterocycles. The summed E-state index contributed by atoms with van der Waals surface area (Å²) in [7, 11) is 1.56. The molecule has 0 aliphatic rings. The van der Waals surface area contributed by atoms with Gasteiger partial charge in [-0.2, -0.15) is 0 Å². The molecule has 0 radical (unpaired) electrons. The van der Waals surface area contributed by atoms with Gasteiger partial charge in [0.1, 0.15) is 0 Å². The van der Waals surface area contributed by atoms with E-state index in [1.54, 1.807) is 43.8 Å². The molecule has 2 aromatic heterocycles. The van der Waals surface area contributed by atoms with E-state index in [1.807, 2.05) is 12.1 Å². The first-order valence-electron chi connectivity index (χ1n) is 6.06. The van der Waals surface area contributed by atoms with E-state index in [2.05, 4.69) is 10.3 Å². The lowest BCUT2D eigenvalue weighted by Gasteiger charge is -2.01. The van der Waals surface area contributed by atoms with E-state index in [9.17, 15) is 4.79 Å². The fourth-order valence-corrected chi connectivity index (χ4v) is 1.94. The van der Waals surface area contributed by atoms with E-state index in [4.69, 9.17) is 9.15 Å². The van der Waals surface area contributed by atoms with Crippen LogP contribution in [0.15, 0.2) is 53.2 Å². The first kappa shape index (κ1) is 12.2. The molecule has 0 bridgehead atoms. The highest BCUT2D eigenvalue weighted by Crippen LogP contribution is 2.28. The zero-order valence-electron chi connectivity index (χ0n) is 10.8. The molecule has 5 heteroatoms. The van der Waals surface area contributed by atoms with Crippen molar-refractivity contribution >= 4 is 22.6 Å². The van der Waals surface area contributed by atoms with Crippen LogP contribution in [0.5, 0.6) is 5.75 Å². The summed E-state index contributed by atoms with van der Waals surface area (Å²) in [5.41, 5.74) is 1.23. The Balaban J connectivity index is 1.92. The Morgan fingerprint density at radius 1 is 1.25 bits per heavy atom. The Bertz CT molecular complexity index is 750. The minimum atomic E-state index is -0.311. The van der Waals surface area contributed by atoms with Crippen LogP contribution in [0.3, 0.4) is 0 Å². The number of rotatable bonds is 3. The average molecular weight is 268 g/mol. The third kappa shape index (κ3) is 2.21. The fourth-order valence-electron chi connectivity index (χ4n) is 1.94. The Labute approximate surface area is 115 Å². The van der Waals surface area contributed by atoms with Crippen molar-refractivity contribution in [2.45, 2.75) is 0 Å². The summed E-state index contributed by atoms with van der Waals surface area (Å²) >= 11 is 0. The number of carbonyl (C=O) groups excluding carboxylic acids is 1. The van der Waals surface area contributed by atoms with Crippen molar-refractivity contribution in [3.8, 4) is 5.75 Å². The number of amides is 1. The van der Waals surface area contributed by atoms with Crippen LogP contribution in [0.25, 0.3) is 11.0 Å². The largest absolute Gasteiger partial charge is 0.493 e. The number of carbonyl (C=O) groups is 1. The summed E-state index contributed by atoms with van der Waals surface area (Å²) < 4.78 is 10.8. The van der Waals surface area contributed by atoms with Gasteiger partial charge in [-0.25, -0.2) is 0 Å². The summed E-state index contributed by atoms with van der Waals surface area (Å²) in [6, 6.07) is 10.6. The number of anilines is 1. The van der Waals surface area contributed by atoms with Crippen LogP contribution in [0, 0.1) is 0 Å². The fraction of sp³-hybridized carbons (Fsp3) is 0.0667. The van der Waals surface area contributed by atoms with Crippen LogP contribution < -0.4 is 10.1 Å². The molecule has 0 fully saturated rings. The van der Waals surface area contributed by atoms with Crippen LogP contribution in [-0.2, 0) is 0 Å². The summed E-state index contributed by atoms with van der Waals surface area (Å²) in [4.78, 5) is 16.0. The number of methoxy groups -OCH3 is 1. The quantitative estimate of drug-likeness (QED) is 0.792. The average Bonchev–Trinajstić information content (AvgIpc) is 2.92. The van der Waals surface area contributed by atoms with Gasteiger partial charge in [-0.15, -0.1) is 0 Å². The van der Waals surface area contributed by atoms with Gasteiger partial charge in [-0.3, -0.25) is 9.78 Å². The lowest BCUT2D eigenvalue weighted by Crippen LogP contribution is -2.10. The predicted octanol–water partition coefficient (Wildman–Crippen LogP) is 3.09. The van der Waals surface area contributed by atoms with Crippen molar-refractivity contribution < 1.29 is 13.9 Å². The van der Waals surface area contributed by atoms with E-state index in [1.165, 1.54) is 0 Å². The molecule has 0 saturated carbocycles. The van der Waals surface area contributed by atoms with Crippen LogP contribution >= 0.6 is 0 Å². The number of nitrogens with zero attached hydrogens (tertiary/aromatic N) is 1. The van der Waals surface area contributed by atoms with E-state index in [0.29, 0.717) is 17.0 Å². The molecule has 0 atom stereocenters.